The molecule has 0 bridgehead atoms. The van der Waals surface area contributed by atoms with Crippen LogP contribution >= 0.6 is 12.2 Å². The predicted octanol–water partition coefficient (Wildman–Crippen LogP) is 3.08. The van der Waals surface area contributed by atoms with E-state index in [-0.39, 0.29) is 4.90 Å². The first-order valence-corrected chi connectivity index (χ1v) is 12.6. The van der Waals surface area contributed by atoms with E-state index in [0.717, 1.165) is 28.6 Å². The Labute approximate surface area is 199 Å². The van der Waals surface area contributed by atoms with E-state index in [2.05, 4.69) is 22.8 Å². The van der Waals surface area contributed by atoms with Crippen LogP contribution in [-0.2, 0) is 28.2 Å². The average molecular weight is 486 g/mol. The van der Waals surface area contributed by atoms with Gasteiger partial charge < -0.3 is 14.6 Å². The van der Waals surface area contributed by atoms with Crippen LogP contribution in [0.25, 0.3) is 10.9 Å². The van der Waals surface area contributed by atoms with Gasteiger partial charge in [-0.15, -0.1) is 0 Å². The van der Waals surface area contributed by atoms with E-state index in [1.54, 1.807) is 18.3 Å². The molecule has 0 unspecified atom stereocenters. The zero-order chi connectivity index (χ0) is 23.4. The summed E-state index contributed by atoms with van der Waals surface area (Å²) in [5.41, 5.74) is 6.65. The number of hydrazone groups is 1. The Morgan fingerprint density at radius 2 is 1.91 bits per heavy atom. The van der Waals surface area contributed by atoms with Crippen LogP contribution in [-0.4, -0.2) is 54.9 Å². The van der Waals surface area contributed by atoms with Gasteiger partial charge in [-0.2, -0.15) is 9.41 Å². The molecule has 4 rings (SSSR count). The molecule has 2 aromatic carbocycles. The van der Waals surface area contributed by atoms with Gasteiger partial charge >= 0.3 is 0 Å². The fraction of sp³-hybridized carbons (Fsp3) is 0.304. The molecule has 0 radical (unpaired) electrons. The summed E-state index contributed by atoms with van der Waals surface area (Å²) >= 11 is 5.32. The van der Waals surface area contributed by atoms with Crippen LogP contribution < -0.4 is 10.7 Å². The monoisotopic (exact) mass is 485 g/mol. The molecule has 0 spiro atoms. The van der Waals surface area contributed by atoms with Crippen LogP contribution in [0.3, 0.4) is 0 Å². The summed E-state index contributed by atoms with van der Waals surface area (Å²) in [6, 6.07) is 13.2. The summed E-state index contributed by atoms with van der Waals surface area (Å²) < 4.78 is 34.8. The lowest BCUT2D eigenvalue weighted by Crippen LogP contribution is -2.40. The molecule has 2 N–H and O–H groups in total. The van der Waals surface area contributed by atoms with Crippen LogP contribution in [0.1, 0.15) is 18.1 Å². The second kappa shape index (κ2) is 10.0. The van der Waals surface area contributed by atoms with Crippen molar-refractivity contribution in [2.45, 2.75) is 18.2 Å². The number of hydrogen-bond donors (Lipinski definition) is 2. The number of nitrogens with zero attached hydrogens (tertiary/aromatic N) is 3. The van der Waals surface area contributed by atoms with E-state index in [1.165, 1.54) is 9.87 Å². The van der Waals surface area contributed by atoms with Gasteiger partial charge in [-0.3, -0.25) is 5.43 Å². The molecule has 174 valence electrons. The number of hydrogen-bond acceptors (Lipinski definition) is 5. The summed E-state index contributed by atoms with van der Waals surface area (Å²) in [6.07, 6.45) is 4.52. The van der Waals surface area contributed by atoms with Crippen molar-refractivity contribution in [3.63, 3.8) is 0 Å². The van der Waals surface area contributed by atoms with E-state index in [1.807, 2.05) is 48.1 Å². The molecule has 0 atom stereocenters. The highest BCUT2D eigenvalue weighted by atomic mass is 32.2. The number of aryl methyl sites for hydroxylation is 2. The third-order valence-corrected chi connectivity index (χ3v) is 7.68. The van der Waals surface area contributed by atoms with Gasteiger partial charge in [-0.1, -0.05) is 19.1 Å². The van der Waals surface area contributed by atoms with Crippen LogP contribution in [0.5, 0.6) is 0 Å². The molecule has 1 saturated heterocycles. The van der Waals surface area contributed by atoms with E-state index in [4.69, 9.17) is 17.0 Å². The van der Waals surface area contributed by atoms with Gasteiger partial charge in [0, 0.05) is 48.5 Å². The quantitative estimate of drug-likeness (QED) is 0.317. The van der Waals surface area contributed by atoms with Gasteiger partial charge in [0.1, 0.15) is 0 Å². The number of nitrogens with one attached hydrogen (secondary N) is 2. The number of fused-ring (bicyclic) bond motifs is 1. The van der Waals surface area contributed by atoms with Crippen LogP contribution in [0.2, 0.25) is 0 Å². The van der Waals surface area contributed by atoms with Crippen molar-refractivity contribution < 1.29 is 13.2 Å². The van der Waals surface area contributed by atoms with Gasteiger partial charge in [0.25, 0.3) is 0 Å². The van der Waals surface area contributed by atoms with Crippen molar-refractivity contribution >= 4 is 50.2 Å². The summed E-state index contributed by atoms with van der Waals surface area (Å²) in [6.45, 7) is 3.65. The number of sulfonamides is 1. The molecule has 1 aliphatic heterocycles. The highest BCUT2D eigenvalue weighted by molar-refractivity contribution is 7.89. The lowest BCUT2D eigenvalue weighted by Gasteiger charge is -2.26. The first-order chi connectivity index (χ1) is 15.9. The third-order valence-electron chi connectivity index (χ3n) is 5.59. The minimum absolute atomic E-state index is 0.262. The minimum Gasteiger partial charge on any atom is -0.379 e. The maximum absolute atomic E-state index is 13.1. The Bertz CT molecular complexity index is 1280. The van der Waals surface area contributed by atoms with E-state index < -0.39 is 10.0 Å². The first kappa shape index (κ1) is 23.4. The fourth-order valence-electron chi connectivity index (χ4n) is 3.74. The molecule has 8 nitrogen and oxygen atoms in total. The summed E-state index contributed by atoms with van der Waals surface area (Å²) in [4.78, 5) is 0.262. The fourth-order valence-corrected chi connectivity index (χ4v) is 5.35. The van der Waals surface area contributed by atoms with Crippen molar-refractivity contribution in [3.8, 4) is 0 Å². The number of morpholine rings is 1. The number of thiocarbonyl (C=S) groups is 1. The van der Waals surface area contributed by atoms with E-state index in [0.29, 0.717) is 31.4 Å². The van der Waals surface area contributed by atoms with E-state index in [9.17, 15) is 8.42 Å². The number of aromatic nitrogens is 1. The van der Waals surface area contributed by atoms with E-state index >= 15 is 0 Å². The van der Waals surface area contributed by atoms with Crippen LogP contribution in [0.15, 0.2) is 58.7 Å². The zero-order valence-electron chi connectivity index (χ0n) is 18.6. The molecule has 3 aromatic rings. The Hall–Kier alpha value is -2.79. The van der Waals surface area contributed by atoms with Crippen molar-refractivity contribution in [2.75, 3.05) is 31.6 Å². The number of benzene rings is 2. The molecule has 1 aromatic heterocycles. The molecule has 0 aliphatic carbocycles. The molecular weight excluding hydrogens is 458 g/mol. The van der Waals surface area contributed by atoms with Crippen molar-refractivity contribution in [2.24, 2.45) is 12.1 Å². The SMILES string of the molecule is CCc1ccc(NC(=S)NN=Cc2cn(C)c3ccc(S(=O)(=O)N4CCOCC4)cc23)cc1. The van der Waals surface area contributed by atoms with Crippen molar-refractivity contribution in [1.29, 1.82) is 0 Å². The second-order valence-electron chi connectivity index (χ2n) is 7.77. The van der Waals surface area contributed by atoms with Crippen LogP contribution in [0, 0.1) is 0 Å². The molecule has 33 heavy (non-hydrogen) atoms. The lowest BCUT2D eigenvalue weighted by atomic mass is 10.1. The summed E-state index contributed by atoms with van der Waals surface area (Å²) in [7, 11) is -1.67. The molecular formula is C23H27N5O3S2. The molecule has 2 heterocycles. The normalized spacial score (nSPS) is 15.2. The average Bonchev–Trinajstić information content (AvgIpc) is 3.15. The predicted molar refractivity (Wildman–Crippen MR) is 135 cm³/mol. The Kier molecular flexibility index (Phi) is 7.08. The van der Waals surface area contributed by atoms with Gasteiger partial charge in [-0.25, -0.2) is 8.42 Å². The number of rotatable bonds is 6. The van der Waals surface area contributed by atoms with Gasteiger partial charge in [-0.05, 0) is 54.5 Å². The van der Waals surface area contributed by atoms with Gasteiger partial charge in [0.2, 0.25) is 10.0 Å². The zero-order valence-corrected chi connectivity index (χ0v) is 20.2. The van der Waals surface area contributed by atoms with Crippen molar-refractivity contribution in [1.82, 2.24) is 14.3 Å². The second-order valence-corrected chi connectivity index (χ2v) is 10.1. The molecule has 10 heteroatoms. The number of anilines is 1. The summed E-state index contributed by atoms with van der Waals surface area (Å²) in [5.74, 6) is 0. The standard InChI is InChI=1S/C23H27N5O3S2/c1-3-17-4-6-19(7-5-17)25-23(32)26-24-15-18-16-27(2)22-9-8-20(14-21(18)22)33(29,30)28-10-12-31-13-11-28/h4-9,14-16H,3,10-13H2,1-2H3,(H2,25,26,32). The largest absolute Gasteiger partial charge is 0.379 e. The van der Waals surface area contributed by atoms with Crippen LogP contribution in [0.4, 0.5) is 5.69 Å². The third kappa shape index (κ3) is 5.25. The Morgan fingerprint density at radius 1 is 1.18 bits per heavy atom. The maximum atomic E-state index is 13.1. The highest BCUT2D eigenvalue weighted by Gasteiger charge is 2.26. The molecule has 0 saturated carbocycles. The van der Waals surface area contributed by atoms with Gasteiger partial charge in [0.15, 0.2) is 5.11 Å². The summed E-state index contributed by atoms with van der Waals surface area (Å²) in [5, 5.41) is 8.51. The molecule has 0 amide bonds. The first-order valence-electron chi connectivity index (χ1n) is 10.7. The Morgan fingerprint density at radius 3 is 2.61 bits per heavy atom. The minimum atomic E-state index is -3.58. The Balaban J connectivity index is 1.50. The smallest absolute Gasteiger partial charge is 0.243 e. The highest BCUT2D eigenvalue weighted by Crippen LogP contribution is 2.25. The van der Waals surface area contributed by atoms with Crippen molar-refractivity contribution in [3.05, 3.63) is 59.8 Å². The van der Waals surface area contributed by atoms with Gasteiger partial charge in [0.05, 0.1) is 24.3 Å². The topological polar surface area (TPSA) is 88.0 Å². The molecule has 1 aliphatic rings. The molecule has 1 fully saturated rings. The lowest BCUT2D eigenvalue weighted by molar-refractivity contribution is 0.0730. The number of ether oxygens (including phenoxy) is 1. The maximum Gasteiger partial charge on any atom is 0.243 e.